The molecular formula is C21H28O4. The molecule has 136 valence electrons. The lowest BCUT2D eigenvalue weighted by atomic mass is 9.83. The van der Waals surface area contributed by atoms with E-state index in [1.165, 1.54) is 6.42 Å². The topological polar surface area (TPSA) is 52.6 Å². The third-order valence-electron chi connectivity index (χ3n) is 5.55. The van der Waals surface area contributed by atoms with Crippen molar-refractivity contribution in [3.63, 3.8) is 0 Å². The maximum atomic E-state index is 12.2. The molecule has 0 atom stereocenters. The van der Waals surface area contributed by atoms with Gasteiger partial charge in [-0.3, -0.25) is 9.59 Å². The molecule has 2 aliphatic rings. The molecule has 2 fully saturated rings. The van der Waals surface area contributed by atoms with Crippen LogP contribution in [0, 0.1) is 17.8 Å². The van der Waals surface area contributed by atoms with Crippen molar-refractivity contribution in [3.8, 4) is 11.5 Å². The van der Waals surface area contributed by atoms with Gasteiger partial charge in [0.05, 0.1) is 11.8 Å². The first kappa shape index (κ1) is 18.0. The molecule has 2 aliphatic carbocycles. The summed E-state index contributed by atoms with van der Waals surface area (Å²) in [6.07, 6.45) is 9.29. The Hall–Kier alpha value is -1.84. The summed E-state index contributed by atoms with van der Waals surface area (Å²) in [4.78, 5) is 24.4. The predicted molar refractivity (Wildman–Crippen MR) is 95.4 cm³/mol. The van der Waals surface area contributed by atoms with E-state index in [0.717, 1.165) is 51.4 Å². The highest BCUT2D eigenvalue weighted by Gasteiger charge is 2.26. The van der Waals surface area contributed by atoms with Crippen LogP contribution >= 0.6 is 0 Å². The fourth-order valence-electron chi connectivity index (χ4n) is 3.81. The van der Waals surface area contributed by atoms with E-state index >= 15 is 0 Å². The van der Waals surface area contributed by atoms with Crippen LogP contribution in [0.2, 0.25) is 0 Å². The fraction of sp³-hybridized carbons (Fsp3) is 0.619. The second-order valence-electron chi connectivity index (χ2n) is 7.61. The molecule has 0 unspecified atom stereocenters. The number of hydrogen-bond acceptors (Lipinski definition) is 4. The minimum absolute atomic E-state index is 0.0139. The second-order valence-corrected chi connectivity index (χ2v) is 7.61. The molecule has 0 heterocycles. The standard InChI is InChI=1S/C21H28O4/c1-15-7-9-17(10-8-15)21(23)25-19-13-11-18(12-14-19)24-20(22)16-5-3-2-4-6-16/h11-17H,2-10H2,1H3. The Kier molecular flexibility index (Phi) is 6.11. The Morgan fingerprint density at radius 1 is 0.720 bits per heavy atom. The third kappa shape index (κ3) is 5.07. The summed E-state index contributed by atoms with van der Waals surface area (Å²) in [6, 6.07) is 6.80. The SMILES string of the molecule is CC1CCC(C(=O)Oc2ccc(OC(=O)C3CCCCC3)cc2)CC1. The lowest BCUT2D eigenvalue weighted by Gasteiger charge is -2.24. The lowest BCUT2D eigenvalue weighted by Crippen LogP contribution is -2.25. The molecular weight excluding hydrogens is 316 g/mol. The highest BCUT2D eigenvalue weighted by Crippen LogP contribution is 2.30. The monoisotopic (exact) mass is 344 g/mol. The zero-order valence-electron chi connectivity index (χ0n) is 15.0. The smallest absolute Gasteiger partial charge is 0.314 e. The van der Waals surface area contributed by atoms with Crippen LogP contribution in [0.1, 0.15) is 64.7 Å². The Labute approximate surface area is 149 Å². The van der Waals surface area contributed by atoms with Crippen LogP contribution < -0.4 is 9.47 Å². The van der Waals surface area contributed by atoms with Crippen LogP contribution in [-0.4, -0.2) is 11.9 Å². The first-order valence-corrected chi connectivity index (χ1v) is 9.65. The average molecular weight is 344 g/mol. The third-order valence-corrected chi connectivity index (χ3v) is 5.55. The first-order valence-electron chi connectivity index (χ1n) is 9.65. The van der Waals surface area contributed by atoms with Crippen molar-refractivity contribution in [2.75, 3.05) is 0 Å². The van der Waals surface area contributed by atoms with Gasteiger partial charge in [-0.25, -0.2) is 0 Å². The number of hydrogen-bond donors (Lipinski definition) is 0. The summed E-state index contributed by atoms with van der Waals surface area (Å²) < 4.78 is 10.9. The van der Waals surface area contributed by atoms with E-state index in [-0.39, 0.29) is 23.8 Å². The molecule has 0 spiro atoms. The van der Waals surface area contributed by atoms with E-state index in [9.17, 15) is 9.59 Å². The molecule has 25 heavy (non-hydrogen) atoms. The van der Waals surface area contributed by atoms with Gasteiger partial charge in [-0.2, -0.15) is 0 Å². The molecule has 0 radical (unpaired) electrons. The van der Waals surface area contributed by atoms with Gasteiger partial charge in [0.2, 0.25) is 0 Å². The Morgan fingerprint density at radius 3 is 1.64 bits per heavy atom. The normalized spacial score (nSPS) is 24.5. The summed E-state index contributed by atoms with van der Waals surface area (Å²) >= 11 is 0. The Morgan fingerprint density at radius 2 is 1.16 bits per heavy atom. The molecule has 1 aromatic rings. The van der Waals surface area contributed by atoms with Gasteiger partial charge >= 0.3 is 11.9 Å². The number of rotatable bonds is 4. The van der Waals surface area contributed by atoms with Crippen molar-refractivity contribution >= 4 is 11.9 Å². The van der Waals surface area contributed by atoms with Gasteiger partial charge in [-0.1, -0.05) is 26.2 Å². The number of benzene rings is 1. The van der Waals surface area contributed by atoms with Crippen LogP contribution in [-0.2, 0) is 9.59 Å². The van der Waals surface area contributed by atoms with Crippen LogP contribution in [0.15, 0.2) is 24.3 Å². The summed E-state index contributed by atoms with van der Waals surface area (Å²) in [5.41, 5.74) is 0. The minimum atomic E-state index is -0.140. The largest absolute Gasteiger partial charge is 0.426 e. The lowest BCUT2D eigenvalue weighted by molar-refractivity contribution is -0.141. The van der Waals surface area contributed by atoms with Gasteiger partial charge in [0, 0.05) is 0 Å². The highest BCUT2D eigenvalue weighted by molar-refractivity contribution is 5.76. The van der Waals surface area contributed by atoms with Gasteiger partial charge < -0.3 is 9.47 Å². The van der Waals surface area contributed by atoms with E-state index < -0.39 is 0 Å². The zero-order chi connectivity index (χ0) is 17.6. The molecule has 0 aliphatic heterocycles. The Balaban J connectivity index is 1.49. The van der Waals surface area contributed by atoms with Gasteiger partial charge in [-0.15, -0.1) is 0 Å². The van der Waals surface area contributed by atoms with E-state index in [2.05, 4.69) is 6.92 Å². The van der Waals surface area contributed by atoms with Gasteiger partial charge in [-0.05, 0) is 68.7 Å². The van der Waals surface area contributed by atoms with Crippen molar-refractivity contribution in [1.29, 1.82) is 0 Å². The first-order chi connectivity index (χ1) is 12.1. The molecule has 3 rings (SSSR count). The molecule has 4 nitrogen and oxygen atoms in total. The van der Waals surface area contributed by atoms with E-state index in [1.54, 1.807) is 24.3 Å². The summed E-state index contributed by atoms with van der Waals surface area (Å²) in [7, 11) is 0. The quantitative estimate of drug-likeness (QED) is 0.575. The molecule has 1 aromatic carbocycles. The average Bonchev–Trinajstić information content (AvgIpc) is 2.64. The Bertz CT molecular complexity index is 578. The van der Waals surface area contributed by atoms with Crippen LogP contribution in [0.5, 0.6) is 11.5 Å². The highest BCUT2D eigenvalue weighted by atomic mass is 16.5. The number of carbonyl (C=O) groups is 2. The van der Waals surface area contributed by atoms with Crippen LogP contribution in [0.4, 0.5) is 0 Å². The van der Waals surface area contributed by atoms with E-state index in [1.807, 2.05) is 0 Å². The van der Waals surface area contributed by atoms with Crippen molar-refractivity contribution < 1.29 is 19.1 Å². The van der Waals surface area contributed by atoms with Crippen molar-refractivity contribution in [1.82, 2.24) is 0 Å². The molecule has 0 bridgehead atoms. The van der Waals surface area contributed by atoms with Crippen molar-refractivity contribution in [2.45, 2.75) is 64.7 Å². The fourth-order valence-corrected chi connectivity index (χ4v) is 3.81. The van der Waals surface area contributed by atoms with Crippen LogP contribution in [0.25, 0.3) is 0 Å². The number of ether oxygens (including phenoxy) is 2. The molecule has 0 N–H and O–H groups in total. The van der Waals surface area contributed by atoms with Gasteiger partial charge in [0.25, 0.3) is 0 Å². The maximum absolute atomic E-state index is 12.2. The molecule has 2 saturated carbocycles. The van der Waals surface area contributed by atoms with Gasteiger partial charge in [0.15, 0.2) is 0 Å². The molecule has 4 heteroatoms. The predicted octanol–water partition coefficient (Wildman–Crippen LogP) is 4.90. The number of esters is 2. The van der Waals surface area contributed by atoms with Crippen molar-refractivity contribution in [3.05, 3.63) is 24.3 Å². The minimum Gasteiger partial charge on any atom is -0.426 e. The molecule has 0 saturated heterocycles. The zero-order valence-corrected chi connectivity index (χ0v) is 15.0. The van der Waals surface area contributed by atoms with Gasteiger partial charge in [0.1, 0.15) is 11.5 Å². The maximum Gasteiger partial charge on any atom is 0.314 e. The second kappa shape index (κ2) is 8.50. The molecule has 0 amide bonds. The summed E-state index contributed by atoms with van der Waals surface area (Å²) in [6.45, 7) is 2.23. The summed E-state index contributed by atoms with van der Waals surface area (Å²) in [5.74, 6) is 1.50. The summed E-state index contributed by atoms with van der Waals surface area (Å²) in [5, 5.41) is 0. The molecule has 0 aromatic heterocycles. The number of carbonyl (C=O) groups excluding carboxylic acids is 2. The van der Waals surface area contributed by atoms with Crippen LogP contribution in [0.3, 0.4) is 0 Å². The van der Waals surface area contributed by atoms with Crippen molar-refractivity contribution in [2.24, 2.45) is 17.8 Å². The van der Waals surface area contributed by atoms with E-state index in [0.29, 0.717) is 17.4 Å². The van der Waals surface area contributed by atoms with E-state index in [4.69, 9.17) is 9.47 Å².